The number of nitrogens with zero attached hydrogens (tertiary/aromatic N) is 9. The second kappa shape index (κ2) is 10.0. The zero-order valence-electron chi connectivity index (χ0n) is 20.1. The Balaban J connectivity index is 1.26. The number of piperazine rings is 1. The summed E-state index contributed by atoms with van der Waals surface area (Å²) in [5.74, 6) is -1.42. The number of halogens is 4. The van der Waals surface area contributed by atoms with Crippen LogP contribution in [0.4, 0.5) is 23.2 Å². The van der Waals surface area contributed by atoms with Crippen LogP contribution in [-0.4, -0.2) is 84.7 Å². The van der Waals surface area contributed by atoms with E-state index in [1.807, 2.05) is 0 Å². The highest BCUT2D eigenvalue weighted by atomic mass is 19.4. The third-order valence-corrected chi connectivity index (χ3v) is 6.75. The number of morpholine rings is 1. The molecule has 0 radical (unpaired) electrons. The molecule has 0 saturated carbocycles. The van der Waals surface area contributed by atoms with Crippen LogP contribution in [-0.2, 0) is 22.1 Å². The molecule has 0 aliphatic carbocycles. The number of carbonyl (C=O) groups is 1. The Bertz CT molecular complexity index is 1390. The third kappa shape index (κ3) is 4.92. The highest BCUT2D eigenvalue weighted by Gasteiger charge is 2.39. The number of ether oxygens (including phenoxy) is 1. The van der Waals surface area contributed by atoms with E-state index in [2.05, 4.69) is 35.2 Å². The summed E-state index contributed by atoms with van der Waals surface area (Å²) < 4.78 is 62.0. The van der Waals surface area contributed by atoms with Crippen molar-refractivity contribution in [3.63, 3.8) is 0 Å². The Kier molecular flexibility index (Phi) is 6.76. The van der Waals surface area contributed by atoms with Crippen LogP contribution in [0.25, 0.3) is 10.8 Å². The van der Waals surface area contributed by atoms with Gasteiger partial charge in [-0.25, -0.2) is 19.2 Å². The molecule has 2 aromatic heterocycles. The molecule has 2 atom stereocenters. The number of rotatable bonds is 4. The summed E-state index contributed by atoms with van der Waals surface area (Å²) in [6.07, 6.45) is -3.65. The third-order valence-electron chi connectivity index (χ3n) is 6.75. The van der Waals surface area contributed by atoms with Gasteiger partial charge in [0.05, 0.1) is 31.7 Å². The quantitative estimate of drug-likeness (QED) is 0.373. The Labute approximate surface area is 213 Å². The van der Waals surface area contributed by atoms with Gasteiger partial charge in [-0.3, -0.25) is 9.69 Å². The van der Waals surface area contributed by atoms with E-state index in [0.717, 1.165) is 22.8 Å². The predicted molar refractivity (Wildman–Crippen MR) is 121 cm³/mol. The summed E-state index contributed by atoms with van der Waals surface area (Å²) >= 11 is 0. The molecule has 2 fully saturated rings. The number of benzene rings is 1. The Hall–Kier alpha value is -4.03. The molecule has 15 heteroatoms. The average Bonchev–Trinajstić information content (AvgIpc) is 3.43. The van der Waals surface area contributed by atoms with Gasteiger partial charge < -0.3 is 9.64 Å². The molecule has 2 aliphatic heterocycles. The van der Waals surface area contributed by atoms with Crippen molar-refractivity contribution >= 4 is 11.6 Å². The van der Waals surface area contributed by atoms with Crippen molar-refractivity contribution in [2.75, 3.05) is 32.8 Å². The zero-order valence-corrected chi connectivity index (χ0v) is 20.1. The van der Waals surface area contributed by atoms with Gasteiger partial charge in [-0.1, -0.05) is 6.07 Å². The van der Waals surface area contributed by atoms with Gasteiger partial charge >= 0.3 is 6.18 Å². The van der Waals surface area contributed by atoms with E-state index >= 15 is 0 Å². The highest BCUT2D eigenvalue weighted by Crippen LogP contribution is 2.35. The second-order valence-electron chi connectivity index (χ2n) is 9.01. The predicted octanol–water partition coefficient (Wildman–Crippen LogP) is 2.30. The van der Waals surface area contributed by atoms with E-state index in [1.54, 1.807) is 13.0 Å². The smallest absolute Gasteiger partial charge is 0.371 e. The van der Waals surface area contributed by atoms with E-state index in [1.165, 1.54) is 11.0 Å². The molecule has 38 heavy (non-hydrogen) atoms. The molecule has 0 spiro atoms. The van der Waals surface area contributed by atoms with Crippen molar-refractivity contribution in [2.24, 2.45) is 0 Å². The van der Waals surface area contributed by atoms with Gasteiger partial charge in [-0.2, -0.15) is 17.9 Å². The van der Waals surface area contributed by atoms with E-state index in [-0.39, 0.29) is 42.5 Å². The monoisotopic (exact) mass is 531 g/mol. The fourth-order valence-electron chi connectivity index (χ4n) is 4.78. The van der Waals surface area contributed by atoms with Crippen molar-refractivity contribution in [1.82, 2.24) is 40.0 Å². The first-order valence-electron chi connectivity index (χ1n) is 11.6. The first-order valence-corrected chi connectivity index (χ1v) is 11.6. The molecule has 0 N–H and O–H groups in total. The van der Waals surface area contributed by atoms with Crippen molar-refractivity contribution in [3.8, 4) is 5.95 Å². The number of fused-ring (bicyclic) bond motifs is 1. The number of aromatic nitrogens is 6. The summed E-state index contributed by atoms with van der Waals surface area (Å²) in [5, 5.41) is 10.2. The number of amides is 1. The van der Waals surface area contributed by atoms with Crippen LogP contribution in [0.2, 0.25) is 0 Å². The van der Waals surface area contributed by atoms with E-state index in [0.29, 0.717) is 25.2 Å². The lowest BCUT2D eigenvalue weighted by Gasteiger charge is -2.46. The topological polar surface area (TPSA) is 107 Å². The van der Waals surface area contributed by atoms with E-state index in [4.69, 9.17) is 11.3 Å². The normalized spacial score (nSPS) is 20.2. The van der Waals surface area contributed by atoms with Gasteiger partial charge in [0, 0.05) is 37.9 Å². The SMILES string of the molecule is [C-]#[N+]c1c(F)ccc([C@H]2CN3CCN(C(=O)Cc4cnc(-n5cnnn5)nc4C(F)(F)F)C[C@H]3CO2)c1C. The maximum Gasteiger partial charge on any atom is 0.433 e. The average molecular weight is 531 g/mol. The fraction of sp³-hybridized carbons (Fsp3) is 0.435. The maximum absolute atomic E-state index is 13.9. The molecule has 1 aromatic carbocycles. The molecule has 5 rings (SSSR count). The van der Waals surface area contributed by atoms with Gasteiger partial charge in [-0.15, -0.1) is 5.10 Å². The van der Waals surface area contributed by atoms with Crippen LogP contribution in [0.3, 0.4) is 0 Å². The number of alkyl halides is 3. The standard InChI is InChI=1S/C23H21F4N9O2/c1-13-16(3-4-17(24)20(13)28-2)18-10-34-5-6-35(9-15(34)11-38-18)19(37)7-14-8-29-22(36-12-30-32-33-36)31-21(14)23(25,26)27/h3-4,8,12,15,18H,5-7,9-11H2,1H3/t15-,18+/m0/s1. The summed E-state index contributed by atoms with van der Waals surface area (Å²) in [4.78, 5) is 27.4. The molecule has 198 valence electrons. The molecule has 0 unspecified atom stereocenters. The Morgan fingerprint density at radius 3 is 2.79 bits per heavy atom. The molecule has 3 aromatic rings. The molecule has 2 saturated heterocycles. The van der Waals surface area contributed by atoms with Crippen LogP contribution < -0.4 is 0 Å². The number of hydrogen-bond acceptors (Lipinski definition) is 8. The Morgan fingerprint density at radius 1 is 1.26 bits per heavy atom. The molecule has 11 nitrogen and oxygen atoms in total. The highest BCUT2D eigenvalue weighted by molar-refractivity contribution is 5.79. The van der Waals surface area contributed by atoms with Gasteiger partial charge in [0.1, 0.15) is 12.1 Å². The van der Waals surface area contributed by atoms with Crippen molar-refractivity contribution in [2.45, 2.75) is 31.7 Å². The summed E-state index contributed by atoms with van der Waals surface area (Å²) in [5.41, 5.74) is -0.326. The second-order valence-corrected chi connectivity index (χ2v) is 9.01. The summed E-state index contributed by atoms with van der Waals surface area (Å²) in [6, 6.07) is 2.73. The van der Waals surface area contributed by atoms with Crippen LogP contribution in [0.5, 0.6) is 0 Å². The molecule has 1 amide bonds. The maximum atomic E-state index is 13.9. The molecule has 2 aliphatic rings. The fourth-order valence-corrected chi connectivity index (χ4v) is 4.78. The van der Waals surface area contributed by atoms with Crippen molar-refractivity contribution < 1.29 is 27.1 Å². The number of tetrazole rings is 1. The lowest BCUT2D eigenvalue weighted by atomic mass is 9.98. The lowest BCUT2D eigenvalue weighted by Crippen LogP contribution is -2.59. The number of hydrogen-bond donors (Lipinski definition) is 0. The van der Waals surface area contributed by atoms with Crippen molar-refractivity contribution in [1.29, 1.82) is 0 Å². The van der Waals surface area contributed by atoms with Crippen molar-refractivity contribution in [3.05, 3.63) is 64.3 Å². The summed E-state index contributed by atoms with van der Waals surface area (Å²) in [6.45, 7) is 10.8. The van der Waals surface area contributed by atoms with E-state index < -0.39 is 30.0 Å². The minimum absolute atomic E-state index is 0.0307. The van der Waals surface area contributed by atoms with Gasteiger partial charge in [-0.05, 0) is 34.5 Å². The first-order chi connectivity index (χ1) is 18.2. The van der Waals surface area contributed by atoms with Crippen LogP contribution >= 0.6 is 0 Å². The Morgan fingerprint density at radius 2 is 2.08 bits per heavy atom. The van der Waals surface area contributed by atoms with Crippen LogP contribution in [0.15, 0.2) is 24.7 Å². The molecular weight excluding hydrogens is 510 g/mol. The van der Waals surface area contributed by atoms with Gasteiger partial charge in [0.25, 0.3) is 5.95 Å². The first kappa shape index (κ1) is 25.6. The number of carbonyl (C=O) groups excluding carboxylic acids is 1. The van der Waals surface area contributed by atoms with Gasteiger partial charge in [0.15, 0.2) is 5.69 Å². The molecule has 0 bridgehead atoms. The molecular formula is C23H21F4N9O2. The van der Waals surface area contributed by atoms with E-state index in [9.17, 15) is 22.4 Å². The molecule has 4 heterocycles. The minimum atomic E-state index is -4.81. The van der Waals surface area contributed by atoms with Crippen LogP contribution in [0, 0.1) is 19.3 Å². The van der Waals surface area contributed by atoms with Crippen LogP contribution in [0.1, 0.15) is 28.5 Å². The zero-order chi connectivity index (χ0) is 27.0. The minimum Gasteiger partial charge on any atom is -0.371 e. The van der Waals surface area contributed by atoms with Gasteiger partial charge in [0.2, 0.25) is 11.6 Å². The largest absolute Gasteiger partial charge is 0.433 e. The summed E-state index contributed by atoms with van der Waals surface area (Å²) in [7, 11) is 0. The lowest BCUT2D eigenvalue weighted by molar-refractivity contribution is -0.143.